The number of aliphatic hydroxyl groups excluding tert-OH is 1. The van der Waals surface area contributed by atoms with Crippen molar-refractivity contribution in [1.29, 1.82) is 0 Å². The van der Waals surface area contributed by atoms with Crippen LogP contribution >= 0.6 is 11.3 Å². The van der Waals surface area contributed by atoms with Gasteiger partial charge in [0.05, 0.1) is 12.8 Å². The smallest absolute Gasteiger partial charge is 0.260 e. The summed E-state index contributed by atoms with van der Waals surface area (Å²) < 4.78 is 26.9. The number of hydrogen-bond donors (Lipinski definition) is 2. The molecule has 3 rings (SSSR count). The van der Waals surface area contributed by atoms with Gasteiger partial charge in [-0.25, -0.2) is 8.42 Å². The third-order valence-corrected chi connectivity index (χ3v) is 6.62. The summed E-state index contributed by atoms with van der Waals surface area (Å²) in [4.78, 5) is 1.25. The minimum absolute atomic E-state index is 0.00877. The molecule has 0 saturated heterocycles. The predicted molar refractivity (Wildman–Crippen MR) is 74.8 cm³/mol. The van der Waals surface area contributed by atoms with Crippen molar-refractivity contribution < 1.29 is 13.5 Å². The normalized spacial score (nSPS) is 20.0. The Bertz CT molecular complexity index is 720. The van der Waals surface area contributed by atoms with Crippen molar-refractivity contribution in [3.05, 3.63) is 33.6 Å². The molecule has 0 aliphatic carbocycles. The molecule has 3 heterocycles. The molecule has 0 fully saturated rings. The molecule has 2 aromatic rings. The first-order chi connectivity index (χ1) is 9.55. The second-order valence-electron chi connectivity index (χ2n) is 4.72. The van der Waals surface area contributed by atoms with Gasteiger partial charge in [-0.05, 0) is 30.4 Å². The van der Waals surface area contributed by atoms with Crippen LogP contribution in [0.3, 0.4) is 0 Å². The maximum absolute atomic E-state index is 12.7. The molecule has 0 radical (unpaired) electrons. The molecule has 1 aliphatic rings. The van der Waals surface area contributed by atoms with Crippen molar-refractivity contribution in [1.82, 2.24) is 14.5 Å². The van der Waals surface area contributed by atoms with Gasteiger partial charge in [-0.1, -0.05) is 0 Å². The molecule has 1 unspecified atom stereocenters. The molecule has 1 atom stereocenters. The second kappa shape index (κ2) is 4.96. The van der Waals surface area contributed by atoms with Gasteiger partial charge in [0, 0.05) is 23.0 Å². The zero-order chi connectivity index (χ0) is 14.3. The fourth-order valence-corrected chi connectivity index (χ4v) is 5.24. The van der Waals surface area contributed by atoms with Crippen LogP contribution in [0.15, 0.2) is 22.7 Å². The Kier molecular flexibility index (Phi) is 3.41. The highest BCUT2D eigenvalue weighted by Crippen LogP contribution is 2.36. The fourth-order valence-electron chi connectivity index (χ4n) is 2.57. The van der Waals surface area contributed by atoms with Crippen molar-refractivity contribution in [3.63, 3.8) is 0 Å². The van der Waals surface area contributed by atoms with E-state index < -0.39 is 10.0 Å². The Morgan fingerprint density at radius 1 is 1.60 bits per heavy atom. The Morgan fingerprint density at radius 3 is 3.15 bits per heavy atom. The third-order valence-electron chi connectivity index (χ3n) is 3.64. The highest BCUT2D eigenvalue weighted by molar-refractivity contribution is 7.89. The third kappa shape index (κ3) is 1.99. The average Bonchev–Trinajstić information content (AvgIpc) is 3.07. The number of nitrogens with zero attached hydrogens (tertiary/aromatic N) is 2. The summed E-state index contributed by atoms with van der Waals surface area (Å²) in [6, 6.07) is 1.77. The number of aromatic nitrogens is 2. The van der Waals surface area contributed by atoms with Crippen LogP contribution < -0.4 is 0 Å². The highest BCUT2D eigenvalue weighted by atomic mass is 32.2. The second-order valence-corrected chi connectivity index (χ2v) is 7.55. The lowest BCUT2D eigenvalue weighted by Gasteiger charge is -2.32. The van der Waals surface area contributed by atoms with E-state index in [9.17, 15) is 13.5 Å². The predicted octanol–water partition coefficient (Wildman–Crippen LogP) is 1.27. The van der Waals surface area contributed by atoms with Gasteiger partial charge in [0.15, 0.2) is 5.03 Å². The first kappa shape index (κ1) is 13.7. The molecule has 6 nitrogen and oxygen atoms in total. The van der Waals surface area contributed by atoms with Gasteiger partial charge < -0.3 is 5.11 Å². The molecule has 20 heavy (non-hydrogen) atoms. The maximum Gasteiger partial charge on any atom is 0.260 e. The molecule has 0 aromatic carbocycles. The molecule has 1 aliphatic heterocycles. The zero-order valence-corrected chi connectivity index (χ0v) is 12.5. The van der Waals surface area contributed by atoms with Crippen LogP contribution in [-0.2, 0) is 23.1 Å². The monoisotopic (exact) mass is 313 g/mol. The van der Waals surface area contributed by atoms with Crippen LogP contribution in [0.2, 0.25) is 0 Å². The summed E-state index contributed by atoms with van der Waals surface area (Å²) in [6.07, 6.45) is 2.07. The van der Waals surface area contributed by atoms with Crippen molar-refractivity contribution in [2.45, 2.75) is 31.0 Å². The number of thiophene rings is 1. The summed E-state index contributed by atoms with van der Waals surface area (Å²) in [5, 5.41) is 17.4. The molecule has 0 bridgehead atoms. The molecule has 2 aromatic heterocycles. The molecular formula is C12H15N3O3S2. The lowest BCUT2D eigenvalue weighted by atomic mass is 10.0. The van der Waals surface area contributed by atoms with E-state index in [-0.39, 0.29) is 17.7 Å². The van der Waals surface area contributed by atoms with E-state index in [0.29, 0.717) is 12.1 Å². The standard InChI is InChI=1S/C12H15N3O3S2/c1-8-10-3-5-19-11(10)2-4-15(8)20(17,18)12-9(7-16)6-13-14-12/h3,5-6,8,16H,2,4,7H2,1H3,(H,13,14). The number of rotatable bonds is 3. The lowest BCUT2D eigenvalue weighted by molar-refractivity contribution is 0.276. The van der Waals surface area contributed by atoms with Gasteiger partial charge in [0.1, 0.15) is 0 Å². The number of aromatic amines is 1. The first-order valence-electron chi connectivity index (χ1n) is 6.27. The van der Waals surface area contributed by atoms with Gasteiger partial charge in [-0.2, -0.15) is 9.40 Å². The van der Waals surface area contributed by atoms with Crippen molar-refractivity contribution >= 4 is 21.4 Å². The van der Waals surface area contributed by atoms with E-state index in [1.807, 2.05) is 18.4 Å². The van der Waals surface area contributed by atoms with Gasteiger partial charge in [-0.3, -0.25) is 5.10 Å². The molecular weight excluding hydrogens is 298 g/mol. The quantitative estimate of drug-likeness (QED) is 0.893. The molecule has 108 valence electrons. The fraction of sp³-hybridized carbons (Fsp3) is 0.417. The van der Waals surface area contributed by atoms with E-state index in [1.54, 1.807) is 11.3 Å². The van der Waals surface area contributed by atoms with E-state index in [4.69, 9.17) is 0 Å². The molecule has 0 spiro atoms. The Labute approximate surface area is 121 Å². The van der Waals surface area contributed by atoms with E-state index in [2.05, 4.69) is 10.2 Å². The molecule has 0 amide bonds. The summed E-state index contributed by atoms with van der Waals surface area (Å²) in [5.74, 6) is 0. The molecule has 2 N–H and O–H groups in total. The maximum atomic E-state index is 12.7. The number of H-pyrrole nitrogens is 1. The summed E-state index contributed by atoms with van der Waals surface area (Å²) in [6.45, 7) is 1.98. The van der Waals surface area contributed by atoms with Crippen molar-refractivity contribution in [2.75, 3.05) is 6.54 Å². The van der Waals surface area contributed by atoms with Crippen LogP contribution in [0.5, 0.6) is 0 Å². The van der Waals surface area contributed by atoms with Gasteiger partial charge in [0.2, 0.25) is 0 Å². The van der Waals surface area contributed by atoms with Crippen LogP contribution in [0.25, 0.3) is 0 Å². The Hall–Kier alpha value is -1.22. The Balaban J connectivity index is 2.01. The number of fused-ring (bicyclic) bond motifs is 1. The Morgan fingerprint density at radius 2 is 2.40 bits per heavy atom. The van der Waals surface area contributed by atoms with Gasteiger partial charge >= 0.3 is 0 Å². The van der Waals surface area contributed by atoms with Crippen LogP contribution in [0, 0.1) is 0 Å². The lowest BCUT2D eigenvalue weighted by Crippen LogP contribution is -2.38. The van der Waals surface area contributed by atoms with E-state index in [1.165, 1.54) is 15.4 Å². The van der Waals surface area contributed by atoms with Crippen LogP contribution in [0.1, 0.15) is 29.0 Å². The van der Waals surface area contributed by atoms with E-state index in [0.717, 1.165) is 12.0 Å². The zero-order valence-electron chi connectivity index (χ0n) is 10.9. The molecule has 0 saturated carbocycles. The minimum atomic E-state index is -3.67. The SMILES string of the molecule is CC1c2ccsc2CCN1S(=O)(=O)c1[nH]ncc1CO. The van der Waals surface area contributed by atoms with Crippen LogP contribution in [0.4, 0.5) is 0 Å². The van der Waals surface area contributed by atoms with Crippen molar-refractivity contribution in [2.24, 2.45) is 0 Å². The van der Waals surface area contributed by atoms with Gasteiger partial charge in [0.25, 0.3) is 10.0 Å². The van der Waals surface area contributed by atoms with Crippen LogP contribution in [-0.4, -0.2) is 34.6 Å². The highest BCUT2D eigenvalue weighted by Gasteiger charge is 2.36. The number of aliphatic hydroxyl groups is 1. The topological polar surface area (TPSA) is 86.3 Å². The minimum Gasteiger partial charge on any atom is -0.392 e. The summed E-state index contributed by atoms with van der Waals surface area (Å²) in [7, 11) is -3.67. The average molecular weight is 313 g/mol. The summed E-state index contributed by atoms with van der Waals surface area (Å²) >= 11 is 1.67. The number of hydrogen-bond acceptors (Lipinski definition) is 5. The number of sulfonamides is 1. The summed E-state index contributed by atoms with van der Waals surface area (Å²) in [5.41, 5.74) is 1.36. The molecule has 8 heteroatoms. The van der Waals surface area contributed by atoms with Gasteiger partial charge in [-0.15, -0.1) is 11.3 Å². The van der Waals surface area contributed by atoms with Crippen molar-refractivity contribution in [3.8, 4) is 0 Å². The largest absolute Gasteiger partial charge is 0.392 e. The number of nitrogens with one attached hydrogen (secondary N) is 1. The van der Waals surface area contributed by atoms with E-state index >= 15 is 0 Å². The first-order valence-corrected chi connectivity index (χ1v) is 8.59.